The molecular weight excluding hydrogens is 204 g/mol. The van der Waals surface area contributed by atoms with Gasteiger partial charge in [0.15, 0.2) is 6.39 Å². The number of nitrogens with one attached hydrogen (secondary N) is 1. The van der Waals surface area contributed by atoms with E-state index in [0.29, 0.717) is 5.71 Å². The lowest BCUT2D eigenvalue weighted by Crippen LogP contribution is -2.42. The lowest BCUT2D eigenvalue weighted by atomic mass is 10.2. The van der Waals surface area contributed by atoms with Crippen LogP contribution in [0.15, 0.2) is 23.1 Å². The molecular formula is C11H14N4O. The highest BCUT2D eigenvalue weighted by molar-refractivity contribution is 5.67. The molecule has 0 atom stereocenters. The molecule has 3 rings (SSSR count). The van der Waals surface area contributed by atoms with Gasteiger partial charge in [-0.2, -0.15) is 0 Å². The molecule has 5 heteroatoms. The Bertz CT molecular complexity index is 476. The Morgan fingerprint density at radius 3 is 3.06 bits per heavy atom. The third kappa shape index (κ3) is 1.91. The molecule has 1 aliphatic rings. The molecule has 1 aliphatic heterocycles. The molecule has 1 saturated heterocycles. The first-order chi connectivity index (χ1) is 7.92. The fraction of sp³-hybridized carbons (Fsp3) is 0.455. The Morgan fingerprint density at radius 1 is 1.31 bits per heavy atom. The molecule has 2 aromatic heterocycles. The van der Waals surface area contributed by atoms with Gasteiger partial charge in [0.05, 0.1) is 0 Å². The van der Waals surface area contributed by atoms with Gasteiger partial charge in [-0.1, -0.05) is 0 Å². The van der Waals surface area contributed by atoms with Crippen LogP contribution >= 0.6 is 0 Å². The van der Waals surface area contributed by atoms with Crippen molar-refractivity contribution >= 4 is 11.2 Å². The zero-order valence-electron chi connectivity index (χ0n) is 9.02. The Morgan fingerprint density at radius 2 is 2.19 bits per heavy atom. The Labute approximate surface area is 93.5 Å². The summed E-state index contributed by atoms with van der Waals surface area (Å²) in [6.45, 7) is 5.27. The van der Waals surface area contributed by atoms with E-state index in [-0.39, 0.29) is 0 Å². The number of fused-ring (bicyclic) bond motifs is 1. The second-order valence-electron chi connectivity index (χ2n) is 4.05. The van der Waals surface area contributed by atoms with Crippen molar-refractivity contribution in [3.63, 3.8) is 0 Å². The predicted octanol–water partition coefficient (Wildman–Crippen LogP) is 0.628. The van der Waals surface area contributed by atoms with Crippen LogP contribution in [0.2, 0.25) is 0 Å². The van der Waals surface area contributed by atoms with Gasteiger partial charge < -0.3 is 9.73 Å². The van der Waals surface area contributed by atoms with Gasteiger partial charge in [-0.05, 0) is 11.6 Å². The highest BCUT2D eigenvalue weighted by atomic mass is 16.3. The summed E-state index contributed by atoms with van der Waals surface area (Å²) < 4.78 is 5.12. The highest BCUT2D eigenvalue weighted by Crippen LogP contribution is 2.12. The van der Waals surface area contributed by atoms with Crippen LogP contribution in [0, 0.1) is 0 Å². The number of nitrogens with zero attached hydrogens (tertiary/aromatic N) is 3. The zero-order valence-corrected chi connectivity index (χ0v) is 9.02. The first-order valence-corrected chi connectivity index (χ1v) is 5.53. The minimum atomic E-state index is 0.615. The monoisotopic (exact) mass is 218 g/mol. The van der Waals surface area contributed by atoms with E-state index in [1.54, 1.807) is 0 Å². The second kappa shape index (κ2) is 4.19. The van der Waals surface area contributed by atoms with Crippen LogP contribution < -0.4 is 5.32 Å². The number of hydrogen-bond acceptors (Lipinski definition) is 5. The summed E-state index contributed by atoms with van der Waals surface area (Å²) in [6.07, 6.45) is 3.31. The fourth-order valence-corrected chi connectivity index (χ4v) is 2.01. The van der Waals surface area contributed by atoms with Gasteiger partial charge in [0.2, 0.25) is 5.71 Å². The Kier molecular flexibility index (Phi) is 2.55. The smallest absolute Gasteiger partial charge is 0.246 e. The largest absolute Gasteiger partial charge is 0.425 e. The van der Waals surface area contributed by atoms with Gasteiger partial charge in [-0.15, -0.1) is 0 Å². The van der Waals surface area contributed by atoms with Crippen LogP contribution in [0.5, 0.6) is 0 Å². The maximum Gasteiger partial charge on any atom is 0.246 e. The lowest BCUT2D eigenvalue weighted by Gasteiger charge is -2.26. The van der Waals surface area contributed by atoms with Crippen molar-refractivity contribution in [2.75, 3.05) is 26.2 Å². The molecule has 0 saturated carbocycles. The van der Waals surface area contributed by atoms with Crippen LogP contribution in [0.3, 0.4) is 0 Å². The third-order valence-corrected chi connectivity index (χ3v) is 2.86. The summed E-state index contributed by atoms with van der Waals surface area (Å²) in [5.41, 5.74) is 2.65. The van der Waals surface area contributed by atoms with Gasteiger partial charge >= 0.3 is 0 Å². The maximum atomic E-state index is 5.12. The summed E-state index contributed by atoms with van der Waals surface area (Å²) in [5.74, 6) is 0. The quantitative estimate of drug-likeness (QED) is 0.801. The molecule has 0 spiro atoms. The minimum absolute atomic E-state index is 0.615. The molecule has 2 aromatic rings. The first-order valence-electron chi connectivity index (χ1n) is 5.53. The molecule has 0 radical (unpaired) electrons. The zero-order chi connectivity index (χ0) is 10.8. The number of rotatable bonds is 2. The molecule has 16 heavy (non-hydrogen) atoms. The molecule has 1 N–H and O–H groups in total. The highest BCUT2D eigenvalue weighted by Gasteiger charge is 2.10. The van der Waals surface area contributed by atoms with Crippen LogP contribution in [-0.4, -0.2) is 41.0 Å². The summed E-state index contributed by atoms with van der Waals surface area (Å²) in [6, 6.07) is 2.05. The van der Waals surface area contributed by atoms with Crippen LogP contribution in [0.4, 0.5) is 0 Å². The number of piperazine rings is 1. The minimum Gasteiger partial charge on any atom is -0.425 e. The van der Waals surface area contributed by atoms with Gasteiger partial charge in [-0.3, -0.25) is 4.90 Å². The third-order valence-electron chi connectivity index (χ3n) is 2.86. The van der Waals surface area contributed by atoms with Crippen molar-refractivity contribution in [2.24, 2.45) is 0 Å². The number of oxazole rings is 1. The summed E-state index contributed by atoms with van der Waals surface area (Å²) >= 11 is 0. The van der Waals surface area contributed by atoms with E-state index < -0.39 is 0 Å². The summed E-state index contributed by atoms with van der Waals surface area (Å²) in [4.78, 5) is 10.8. The number of aromatic nitrogens is 2. The molecule has 0 aromatic carbocycles. The summed E-state index contributed by atoms with van der Waals surface area (Å²) in [5, 5.41) is 3.34. The fourth-order valence-electron chi connectivity index (χ4n) is 2.01. The van der Waals surface area contributed by atoms with Gasteiger partial charge in [0.25, 0.3) is 0 Å². The van der Waals surface area contributed by atoms with Crippen molar-refractivity contribution in [1.82, 2.24) is 20.2 Å². The van der Waals surface area contributed by atoms with Crippen molar-refractivity contribution in [3.8, 4) is 0 Å². The lowest BCUT2D eigenvalue weighted by molar-refractivity contribution is 0.233. The van der Waals surface area contributed by atoms with Crippen LogP contribution in [-0.2, 0) is 6.54 Å². The van der Waals surface area contributed by atoms with Crippen LogP contribution in [0.1, 0.15) is 5.56 Å². The first kappa shape index (κ1) is 9.74. The standard InChI is InChI=1S/C11H14N4O/c1-3-15(4-2-12-1)7-9-5-10-11(13-6-9)16-8-14-10/h5-6,8,12H,1-4,7H2. The van der Waals surface area contributed by atoms with E-state index in [2.05, 4.69) is 20.2 Å². The summed E-state index contributed by atoms with van der Waals surface area (Å²) in [7, 11) is 0. The molecule has 0 aliphatic carbocycles. The van der Waals surface area contributed by atoms with Gasteiger partial charge in [0.1, 0.15) is 5.52 Å². The van der Waals surface area contributed by atoms with E-state index in [4.69, 9.17) is 4.42 Å². The van der Waals surface area contributed by atoms with E-state index in [1.807, 2.05) is 12.3 Å². The van der Waals surface area contributed by atoms with Gasteiger partial charge in [-0.25, -0.2) is 9.97 Å². The van der Waals surface area contributed by atoms with Crippen molar-refractivity contribution < 1.29 is 4.42 Å². The van der Waals surface area contributed by atoms with Crippen LogP contribution in [0.25, 0.3) is 11.2 Å². The Balaban J connectivity index is 1.77. The number of hydrogen-bond donors (Lipinski definition) is 1. The molecule has 0 amide bonds. The maximum absolute atomic E-state index is 5.12. The molecule has 0 bridgehead atoms. The SMILES string of the molecule is c1nc2cc(CN3CCNCC3)cnc2o1. The average molecular weight is 218 g/mol. The Hall–Kier alpha value is -1.46. The second-order valence-corrected chi connectivity index (χ2v) is 4.05. The van der Waals surface area contributed by atoms with Crippen molar-refractivity contribution in [3.05, 3.63) is 24.2 Å². The topological polar surface area (TPSA) is 54.2 Å². The molecule has 5 nitrogen and oxygen atoms in total. The molecule has 3 heterocycles. The van der Waals surface area contributed by atoms with E-state index in [0.717, 1.165) is 38.2 Å². The van der Waals surface area contributed by atoms with Crippen molar-refractivity contribution in [2.45, 2.75) is 6.54 Å². The van der Waals surface area contributed by atoms with E-state index in [1.165, 1.54) is 12.0 Å². The van der Waals surface area contributed by atoms with Crippen molar-refractivity contribution in [1.29, 1.82) is 0 Å². The van der Waals surface area contributed by atoms with Gasteiger partial charge in [0, 0.05) is 38.9 Å². The molecule has 1 fully saturated rings. The average Bonchev–Trinajstić information content (AvgIpc) is 2.77. The normalized spacial score (nSPS) is 18.0. The molecule has 84 valence electrons. The number of pyridine rings is 1. The molecule has 0 unspecified atom stereocenters. The van der Waals surface area contributed by atoms with E-state index >= 15 is 0 Å². The van der Waals surface area contributed by atoms with E-state index in [9.17, 15) is 0 Å². The predicted molar refractivity (Wildman–Crippen MR) is 60.0 cm³/mol.